The molecule has 0 bridgehead atoms. The van der Waals surface area contributed by atoms with E-state index >= 15 is 0 Å². The molecular formula is C9H16BrN3. The number of nitrogen functional groups attached to an aromatic ring is 1. The van der Waals surface area contributed by atoms with E-state index < -0.39 is 0 Å². The highest BCUT2D eigenvalue weighted by Gasteiger charge is 2.13. The summed E-state index contributed by atoms with van der Waals surface area (Å²) in [4.78, 5) is 0. The first-order valence-electron chi connectivity index (χ1n) is 4.58. The summed E-state index contributed by atoms with van der Waals surface area (Å²) in [6.07, 6.45) is 2.26. The van der Waals surface area contributed by atoms with Crippen LogP contribution < -0.4 is 5.73 Å². The lowest BCUT2D eigenvalue weighted by molar-refractivity contribution is 0.459. The zero-order valence-corrected chi connectivity index (χ0v) is 9.93. The van der Waals surface area contributed by atoms with Crippen LogP contribution in [0.1, 0.15) is 38.4 Å². The van der Waals surface area contributed by atoms with Crippen molar-refractivity contribution < 1.29 is 0 Å². The quantitative estimate of drug-likeness (QED) is 0.891. The lowest BCUT2D eigenvalue weighted by atomic mass is 10.2. The Morgan fingerprint density at radius 2 is 2.23 bits per heavy atom. The average molecular weight is 246 g/mol. The molecule has 0 aliphatic carbocycles. The van der Waals surface area contributed by atoms with Gasteiger partial charge in [-0.2, -0.15) is 5.10 Å². The van der Waals surface area contributed by atoms with Gasteiger partial charge in [0.25, 0.3) is 0 Å². The molecule has 1 atom stereocenters. The van der Waals surface area contributed by atoms with E-state index in [2.05, 4.69) is 34.9 Å². The molecule has 1 unspecified atom stereocenters. The van der Waals surface area contributed by atoms with Crippen molar-refractivity contribution in [3.8, 4) is 0 Å². The first-order chi connectivity index (χ1) is 6.07. The highest BCUT2D eigenvalue weighted by molar-refractivity contribution is 9.10. The Hall–Kier alpha value is -0.510. The second-order valence-corrected chi connectivity index (χ2v) is 4.16. The first-order valence-corrected chi connectivity index (χ1v) is 5.37. The molecule has 4 heteroatoms. The minimum atomic E-state index is 0.384. The van der Waals surface area contributed by atoms with Crippen molar-refractivity contribution in [2.75, 3.05) is 5.73 Å². The van der Waals surface area contributed by atoms with Crippen LogP contribution in [-0.2, 0) is 0 Å². The van der Waals surface area contributed by atoms with Gasteiger partial charge >= 0.3 is 0 Å². The smallest absolute Gasteiger partial charge is 0.136 e. The number of aromatic nitrogens is 2. The topological polar surface area (TPSA) is 43.8 Å². The standard InChI is InChI=1S/C9H16BrN3/c1-4-5-6(2)13-9(11)8(10)7(3)12-13/h6H,4-5,11H2,1-3H3. The van der Waals surface area contributed by atoms with Crippen molar-refractivity contribution in [3.05, 3.63) is 10.2 Å². The van der Waals surface area contributed by atoms with Gasteiger partial charge < -0.3 is 5.73 Å². The maximum absolute atomic E-state index is 5.89. The number of anilines is 1. The Labute approximate surface area is 87.4 Å². The van der Waals surface area contributed by atoms with Gasteiger partial charge in [-0.1, -0.05) is 13.3 Å². The van der Waals surface area contributed by atoms with Crippen molar-refractivity contribution >= 4 is 21.7 Å². The predicted molar refractivity (Wildman–Crippen MR) is 58.7 cm³/mol. The van der Waals surface area contributed by atoms with Crippen LogP contribution in [0.3, 0.4) is 0 Å². The van der Waals surface area contributed by atoms with E-state index in [-0.39, 0.29) is 0 Å². The summed E-state index contributed by atoms with van der Waals surface area (Å²) in [7, 11) is 0. The van der Waals surface area contributed by atoms with E-state index in [4.69, 9.17) is 5.73 Å². The van der Waals surface area contributed by atoms with Gasteiger partial charge in [0.1, 0.15) is 5.82 Å². The van der Waals surface area contributed by atoms with Gasteiger partial charge in [-0.25, -0.2) is 4.68 Å². The van der Waals surface area contributed by atoms with Gasteiger partial charge in [0, 0.05) is 0 Å². The Kier molecular flexibility index (Phi) is 3.36. The summed E-state index contributed by atoms with van der Waals surface area (Å²) in [5.41, 5.74) is 6.85. The summed E-state index contributed by atoms with van der Waals surface area (Å²) in [6.45, 7) is 6.26. The molecule has 13 heavy (non-hydrogen) atoms. The summed E-state index contributed by atoms with van der Waals surface area (Å²) < 4.78 is 2.82. The zero-order valence-electron chi connectivity index (χ0n) is 8.34. The minimum absolute atomic E-state index is 0.384. The Morgan fingerprint density at radius 1 is 1.62 bits per heavy atom. The molecule has 0 amide bonds. The van der Waals surface area contributed by atoms with Crippen molar-refractivity contribution in [2.45, 2.75) is 39.7 Å². The van der Waals surface area contributed by atoms with E-state index in [1.54, 1.807) is 0 Å². The second-order valence-electron chi connectivity index (χ2n) is 3.37. The average Bonchev–Trinajstić information content (AvgIpc) is 2.33. The Morgan fingerprint density at radius 3 is 2.62 bits per heavy atom. The molecule has 0 saturated carbocycles. The number of aryl methyl sites for hydroxylation is 1. The zero-order chi connectivity index (χ0) is 10.0. The van der Waals surface area contributed by atoms with Crippen LogP contribution >= 0.6 is 15.9 Å². The van der Waals surface area contributed by atoms with Gasteiger partial charge in [0.05, 0.1) is 16.2 Å². The third kappa shape index (κ3) is 2.05. The number of hydrogen-bond acceptors (Lipinski definition) is 2. The molecule has 0 aliphatic heterocycles. The molecule has 1 rings (SSSR count). The van der Waals surface area contributed by atoms with Gasteiger partial charge in [-0.15, -0.1) is 0 Å². The van der Waals surface area contributed by atoms with Crippen LogP contribution in [-0.4, -0.2) is 9.78 Å². The fraction of sp³-hybridized carbons (Fsp3) is 0.667. The third-order valence-corrected chi connectivity index (χ3v) is 3.15. The van der Waals surface area contributed by atoms with Crippen LogP contribution in [0, 0.1) is 6.92 Å². The molecule has 74 valence electrons. The van der Waals surface area contributed by atoms with E-state index in [9.17, 15) is 0 Å². The second kappa shape index (κ2) is 4.13. The largest absolute Gasteiger partial charge is 0.383 e. The lowest BCUT2D eigenvalue weighted by Crippen LogP contribution is -2.10. The summed E-state index contributed by atoms with van der Waals surface area (Å²) in [5.74, 6) is 0.735. The first kappa shape index (κ1) is 10.6. The molecule has 1 aromatic rings. The van der Waals surface area contributed by atoms with E-state index in [0.29, 0.717) is 6.04 Å². The third-order valence-electron chi connectivity index (χ3n) is 2.17. The number of nitrogens with zero attached hydrogens (tertiary/aromatic N) is 2. The molecule has 1 aromatic heterocycles. The monoisotopic (exact) mass is 245 g/mol. The van der Waals surface area contributed by atoms with E-state index in [1.807, 2.05) is 11.6 Å². The minimum Gasteiger partial charge on any atom is -0.383 e. The molecule has 0 spiro atoms. The molecule has 0 fully saturated rings. The van der Waals surface area contributed by atoms with Gasteiger partial charge in [-0.05, 0) is 36.2 Å². The van der Waals surface area contributed by atoms with Crippen molar-refractivity contribution in [1.29, 1.82) is 0 Å². The molecule has 3 nitrogen and oxygen atoms in total. The lowest BCUT2D eigenvalue weighted by Gasteiger charge is -2.12. The van der Waals surface area contributed by atoms with Crippen LogP contribution in [0.5, 0.6) is 0 Å². The Balaban J connectivity index is 2.94. The molecular weight excluding hydrogens is 230 g/mol. The predicted octanol–water partition coefficient (Wildman–Crippen LogP) is 2.90. The maximum Gasteiger partial charge on any atom is 0.136 e. The molecule has 0 aromatic carbocycles. The van der Waals surface area contributed by atoms with Crippen molar-refractivity contribution in [3.63, 3.8) is 0 Å². The van der Waals surface area contributed by atoms with E-state index in [1.165, 1.54) is 0 Å². The molecule has 0 radical (unpaired) electrons. The summed E-state index contributed by atoms with van der Waals surface area (Å²) in [5, 5.41) is 4.37. The van der Waals surface area contributed by atoms with Gasteiger partial charge in [-0.3, -0.25) is 0 Å². The van der Waals surface area contributed by atoms with Gasteiger partial charge in [0.2, 0.25) is 0 Å². The van der Waals surface area contributed by atoms with Crippen LogP contribution in [0.4, 0.5) is 5.82 Å². The molecule has 0 saturated heterocycles. The normalized spacial score (nSPS) is 13.2. The SMILES string of the molecule is CCCC(C)n1nc(C)c(Br)c1N. The van der Waals surface area contributed by atoms with Gasteiger partial charge in [0.15, 0.2) is 0 Å². The molecule has 2 N–H and O–H groups in total. The number of nitrogens with two attached hydrogens (primary N) is 1. The fourth-order valence-corrected chi connectivity index (χ4v) is 1.68. The van der Waals surface area contributed by atoms with E-state index in [0.717, 1.165) is 28.8 Å². The molecule has 0 aliphatic rings. The van der Waals surface area contributed by atoms with Crippen LogP contribution in [0.2, 0.25) is 0 Å². The Bertz CT molecular complexity index is 293. The fourth-order valence-electron chi connectivity index (χ4n) is 1.42. The number of rotatable bonds is 3. The summed E-state index contributed by atoms with van der Waals surface area (Å²) in [6, 6.07) is 0.384. The maximum atomic E-state index is 5.89. The van der Waals surface area contributed by atoms with Crippen molar-refractivity contribution in [2.24, 2.45) is 0 Å². The molecule has 1 heterocycles. The highest BCUT2D eigenvalue weighted by Crippen LogP contribution is 2.27. The number of hydrogen-bond donors (Lipinski definition) is 1. The summed E-state index contributed by atoms with van der Waals surface area (Å²) >= 11 is 3.41. The van der Waals surface area contributed by atoms with Crippen molar-refractivity contribution in [1.82, 2.24) is 9.78 Å². The van der Waals surface area contributed by atoms with Crippen LogP contribution in [0.25, 0.3) is 0 Å². The highest BCUT2D eigenvalue weighted by atomic mass is 79.9. The van der Waals surface area contributed by atoms with Crippen LogP contribution in [0.15, 0.2) is 4.47 Å². The number of halogens is 1.